The van der Waals surface area contributed by atoms with Crippen LogP contribution < -0.4 is 15.4 Å². The number of rotatable bonds is 3. The fraction of sp³-hybridized carbons (Fsp3) is 0.333. The molecule has 1 aromatic heterocycles. The maximum absolute atomic E-state index is 13.3. The molecule has 0 saturated heterocycles. The van der Waals surface area contributed by atoms with Crippen molar-refractivity contribution >= 4 is 11.7 Å². The van der Waals surface area contributed by atoms with Crippen LogP contribution in [0, 0.1) is 16.7 Å². The molecule has 8 heteroatoms. The molecule has 148 valence electrons. The summed E-state index contributed by atoms with van der Waals surface area (Å²) in [5.74, 6) is 0.842. The number of methoxy groups -OCH3 is 1. The zero-order chi connectivity index (χ0) is 20.8. The second-order valence-electron chi connectivity index (χ2n) is 8.06. The minimum atomic E-state index is -0.524. The summed E-state index contributed by atoms with van der Waals surface area (Å²) in [4.78, 5) is 19.2. The molecule has 0 spiro atoms. The molecule has 2 heterocycles. The van der Waals surface area contributed by atoms with E-state index < -0.39 is 5.92 Å². The van der Waals surface area contributed by atoms with Crippen LogP contribution in [-0.2, 0) is 4.79 Å². The monoisotopic (exact) mass is 390 g/mol. The van der Waals surface area contributed by atoms with Gasteiger partial charge in [-0.1, -0.05) is 26.0 Å². The number of aromatic amines is 1. The Balaban J connectivity index is 1.96. The third kappa shape index (κ3) is 3.05. The van der Waals surface area contributed by atoms with Crippen LogP contribution in [0.5, 0.6) is 5.75 Å². The summed E-state index contributed by atoms with van der Waals surface area (Å²) in [5.41, 5.74) is 8.74. The molecule has 0 amide bonds. The fourth-order valence-electron chi connectivity index (χ4n) is 4.19. The molecule has 1 atom stereocenters. The summed E-state index contributed by atoms with van der Waals surface area (Å²) in [6, 6.07) is 9.61. The molecular weight excluding hydrogens is 368 g/mol. The van der Waals surface area contributed by atoms with Gasteiger partial charge in [-0.05, 0) is 29.5 Å². The Bertz CT molecular complexity index is 1060. The molecule has 0 bridgehead atoms. The first-order valence-corrected chi connectivity index (χ1v) is 9.31. The molecular formula is C21H22N6O2. The van der Waals surface area contributed by atoms with Crippen LogP contribution in [0.2, 0.25) is 0 Å². The molecule has 3 N–H and O–H groups in total. The lowest BCUT2D eigenvalue weighted by molar-refractivity contribution is -0.118. The number of anilines is 1. The molecule has 1 aliphatic carbocycles. The summed E-state index contributed by atoms with van der Waals surface area (Å²) in [5, 5.41) is 16.7. The number of allylic oxidation sites excluding steroid dienone is 3. The Labute approximate surface area is 168 Å². The smallest absolute Gasteiger partial charge is 0.231 e. The van der Waals surface area contributed by atoms with Gasteiger partial charge in [-0.3, -0.25) is 9.69 Å². The lowest BCUT2D eigenvalue weighted by Gasteiger charge is -2.42. The number of ether oxygens (including phenoxy) is 1. The average molecular weight is 390 g/mol. The fourth-order valence-corrected chi connectivity index (χ4v) is 4.19. The summed E-state index contributed by atoms with van der Waals surface area (Å²) < 4.78 is 5.24. The number of nitrogens with zero attached hydrogens (tertiary/aromatic N) is 4. The second-order valence-corrected chi connectivity index (χ2v) is 8.06. The van der Waals surface area contributed by atoms with Crippen molar-refractivity contribution in [3.8, 4) is 11.8 Å². The standard InChI is InChI=1S/C21H22N6O2/c1-21(2)8-15-18(16(28)9-21)17(12-4-6-13(29-3)7-5-12)14(10-22)19(23)27(15)20-24-11-25-26-20/h4-7,11,17H,8-9,23H2,1-3H3,(H,24,25,26). The van der Waals surface area contributed by atoms with Crippen LogP contribution in [0.25, 0.3) is 0 Å². The predicted molar refractivity (Wildman–Crippen MR) is 106 cm³/mol. The number of carbonyl (C=O) groups is 1. The first kappa shape index (κ1) is 18.7. The minimum absolute atomic E-state index is 0.0156. The van der Waals surface area contributed by atoms with Gasteiger partial charge in [-0.25, -0.2) is 5.10 Å². The number of Topliss-reactive ketones (excluding diaryl/α,β-unsaturated/α-hetero) is 1. The van der Waals surface area contributed by atoms with Gasteiger partial charge >= 0.3 is 0 Å². The molecule has 0 saturated carbocycles. The van der Waals surface area contributed by atoms with Crippen molar-refractivity contribution in [1.82, 2.24) is 15.2 Å². The molecule has 2 aliphatic rings. The largest absolute Gasteiger partial charge is 0.497 e. The van der Waals surface area contributed by atoms with E-state index in [1.807, 2.05) is 24.3 Å². The maximum Gasteiger partial charge on any atom is 0.231 e. The number of carbonyl (C=O) groups excluding carboxylic acids is 1. The minimum Gasteiger partial charge on any atom is -0.497 e. The van der Waals surface area contributed by atoms with E-state index in [0.717, 1.165) is 11.3 Å². The van der Waals surface area contributed by atoms with Gasteiger partial charge in [0.05, 0.1) is 24.7 Å². The van der Waals surface area contributed by atoms with Gasteiger partial charge < -0.3 is 10.5 Å². The molecule has 4 rings (SSSR count). The topological polar surface area (TPSA) is 121 Å². The van der Waals surface area contributed by atoms with E-state index in [1.54, 1.807) is 12.0 Å². The number of benzene rings is 1. The number of hydrogen-bond donors (Lipinski definition) is 2. The molecule has 1 unspecified atom stereocenters. The number of nitrogens with two attached hydrogens (primary N) is 1. The second kappa shape index (κ2) is 6.78. The number of hydrogen-bond acceptors (Lipinski definition) is 7. The van der Waals surface area contributed by atoms with Gasteiger partial charge in [0.25, 0.3) is 0 Å². The van der Waals surface area contributed by atoms with E-state index in [-0.39, 0.29) is 17.0 Å². The maximum atomic E-state index is 13.3. The summed E-state index contributed by atoms with van der Waals surface area (Å²) in [6.45, 7) is 4.10. The van der Waals surface area contributed by atoms with Gasteiger partial charge in [0.2, 0.25) is 5.95 Å². The van der Waals surface area contributed by atoms with E-state index in [4.69, 9.17) is 10.5 Å². The molecule has 8 nitrogen and oxygen atoms in total. The SMILES string of the molecule is COc1ccc(C2C(C#N)=C(N)N(c3ncn[nH]3)C3=C2C(=O)CC(C)(C)C3)cc1. The first-order chi connectivity index (χ1) is 13.9. The number of aromatic nitrogens is 3. The lowest BCUT2D eigenvalue weighted by Crippen LogP contribution is -2.42. The third-order valence-electron chi connectivity index (χ3n) is 5.44. The van der Waals surface area contributed by atoms with E-state index in [1.165, 1.54) is 6.33 Å². The Morgan fingerprint density at radius 1 is 1.31 bits per heavy atom. The van der Waals surface area contributed by atoms with Crippen LogP contribution in [0.3, 0.4) is 0 Å². The zero-order valence-corrected chi connectivity index (χ0v) is 16.6. The normalized spacial score (nSPS) is 21.1. The molecule has 29 heavy (non-hydrogen) atoms. The lowest BCUT2D eigenvalue weighted by atomic mass is 9.68. The molecule has 1 aliphatic heterocycles. The van der Waals surface area contributed by atoms with Crippen molar-refractivity contribution in [3.63, 3.8) is 0 Å². The highest BCUT2D eigenvalue weighted by molar-refractivity contribution is 6.01. The van der Waals surface area contributed by atoms with Gasteiger partial charge in [-0.15, -0.1) is 0 Å². The van der Waals surface area contributed by atoms with Crippen molar-refractivity contribution in [2.75, 3.05) is 12.0 Å². The first-order valence-electron chi connectivity index (χ1n) is 9.31. The van der Waals surface area contributed by atoms with Gasteiger partial charge in [0.15, 0.2) is 5.78 Å². The van der Waals surface area contributed by atoms with Gasteiger partial charge in [-0.2, -0.15) is 15.3 Å². The highest BCUT2D eigenvalue weighted by atomic mass is 16.5. The summed E-state index contributed by atoms with van der Waals surface area (Å²) >= 11 is 0. The van der Waals surface area contributed by atoms with E-state index in [0.29, 0.717) is 35.7 Å². The Morgan fingerprint density at radius 3 is 2.62 bits per heavy atom. The molecule has 2 aromatic rings. The zero-order valence-electron chi connectivity index (χ0n) is 16.6. The van der Waals surface area contributed by atoms with Crippen LogP contribution in [0.15, 0.2) is 53.3 Å². The van der Waals surface area contributed by atoms with Crippen molar-refractivity contribution < 1.29 is 9.53 Å². The number of H-pyrrole nitrogens is 1. The predicted octanol–water partition coefficient (Wildman–Crippen LogP) is 2.75. The summed E-state index contributed by atoms with van der Waals surface area (Å²) in [7, 11) is 1.59. The van der Waals surface area contributed by atoms with Crippen molar-refractivity contribution in [2.45, 2.75) is 32.6 Å². The molecule has 1 aromatic carbocycles. The highest BCUT2D eigenvalue weighted by Crippen LogP contribution is 2.49. The number of nitriles is 1. The van der Waals surface area contributed by atoms with Crippen LogP contribution in [0.4, 0.5) is 5.95 Å². The summed E-state index contributed by atoms with van der Waals surface area (Å²) in [6.07, 6.45) is 2.41. The van der Waals surface area contributed by atoms with Crippen LogP contribution in [-0.4, -0.2) is 28.1 Å². The van der Waals surface area contributed by atoms with E-state index in [9.17, 15) is 10.1 Å². The van der Waals surface area contributed by atoms with Crippen molar-refractivity contribution in [1.29, 1.82) is 5.26 Å². The van der Waals surface area contributed by atoms with Crippen LogP contribution >= 0.6 is 0 Å². The Hall–Kier alpha value is -3.60. The Kier molecular flexibility index (Phi) is 4.38. The van der Waals surface area contributed by atoms with Gasteiger partial charge in [0, 0.05) is 17.7 Å². The Morgan fingerprint density at radius 2 is 2.03 bits per heavy atom. The van der Waals surface area contributed by atoms with Gasteiger partial charge in [0.1, 0.15) is 17.9 Å². The van der Waals surface area contributed by atoms with Crippen molar-refractivity contribution in [3.05, 3.63) is 58.8 Å². The quantitative estimate of drug-likeness (QED) is 0.826. The molecule has 0 fully saturated rings. The third-order valence-corrected chi connectivity index (χ3v) is 5.44. The number of nitrogens with one attached hydrogen (secondary N) is 1. The van der Waals surface area contributed by atoms with E-state index >= 15 is 0 Å². The average Bonchev–Trinajstić information content (AvgIpc) is 3.20. The number of ketones is 1. The highest BCUT2D eigenvalue weighted by Gasteiger charge is 2.45. The molecule has 0 radical (unpaired) electrons. The van der Waals surface area contributed by atoms with E-state index in [2.05, 4.69) is 35.1 Å². The van der Waals surface area contributed by atoms with Crippen LogP contribution in [0.1, 0.15) is 38.2 Å². The van der Waals surface area contributed by atoms with Crippen molar-refractivity contribution in [2.24, 2.45) is 11.1 Å².